The molecule has 0 spiro atoms. The molecule has 3 amide bonds. The minimum absolute atomic E-state index is 0.141. The molecule has 0 bridgehead atoms. The summed E-state index contributed by atoms with van der Waals surface area (Å²) in [5, 5.41) is 11.0. The Kier molecular flexibility index (Phi) is 5.35. The van der Waals surface area contributed by atoms with Crippen LogP contribution >= 0.6 is 11.3 Å². The van der Waals surface area contributed by atoms with Gasteiger partial charge >= 0.3 is 0 Å². The molecule has 3 aromatic rings. The number of amides is 3. The fourth-order valence-corrected chi connectivity index (χ4v) is 3.73. The minimum atomic E-state index is -0.934. The van der Waals surface area contributed by atoms with Crippen molar-refractivity contribution in [2.45, 2.75) is 19.0 Å². The number of hydrogen-bond donors (Lipinski definition) is 3. The maximum atomic E-state index is 12.4. The van der Waals surface area contributed by atoms with Crippen LogP contribution in [0, 0.1) is 0 Å². The van der Waals surface area contributed by atoms with E-state index >= 15 is 0 Å². The molecule has 1 aliphatic heterocycles. The van der Waals surface area contributed by atoms with Gasteiger partial charge in [-0.25, -0.2) is 4.98 Å². The van der Waals surface area contributed by atoms with Crippen LogP contribution in [0.4, 0.5) is 5.69 Å². The zero-order valence-corrected chi connectivity index (χ0v) is 16.2. The highest BCUT2D eigenvalue weighted by Crippen LogP contribution is 2.22. The molecular weight excluding hydrogens is 388 g/mol. The van der Waals surface area contributed by atoms with Crippen LogP contribution in [0.15, 0.2) is 60.1 Å². The monoisotopic (exact) mass is 406 g/mol. The Morgan fingerprint density at radius 3 is 2.83 bits per heavy atom. The lowest BCUT2D eigenvalue weighted by Gasteiger charge is -2.14. The van der Waals surface area contributed by atoms with Crippen LogP contribution in [-0.2, 0) is 16.1 Å². The number of carbonyl (C=O) groups is 3. The number of benzene rings is 2. The van der Waals surface area contributed by atoms with Gasteiger partial charge in [-0.15, -0.1) is 11.3 Å². The number of fused-ring (bicyclic) bond motifs is 1. The van der Waals surface area contributed by atoms with E-state index in [0.29, 0.717) is 17.8 Å². The van der Waals surface area contributed by atoms with Crippen molar-refractivity contribution in [2.24, 2.45) is 0 Å². The number of para-hydroxylation sites is 1. The first-order valence-corrected chi connectivity index (χ1v) is 9.94. The molecule has 0 aliphatic carbocycles. The van der Waals surface area contributed by atoms with Crippen molar-refractivity contribution in [2.75, 3.05) is 5.32 Å². The van der Waals surface area contributed by atoms with Crippen LogP contribution in [0.5, 0.6) is 0 Å². The summed E-state index contributed by atoms with van der Waals surface area (Å²) in [5.74, 6) is -1.12. The zero-order chi connectivity index (χ0) is 20.2. The van der Waals surface area contributed by atoms with Crippen molar-refractivity contribution in [3.8, 4) is 10.6 Å². The number of aromatic nitrogens is 1. The Labute approximate surface area is 171 Å². The molecule has 4 rings (SSSR count). The van der Waals surface area contributed by atoms with Gasteiger partial charge < -0.3 is 16.0 Å². The van der Waals surface area contributed by atoms with Crippen molar-refractivity contribution in [3.05, 3.63) is 71.2 Å². The molecule has 146 valence electrons. The SMILES string of the molecule is O=C(C[C@@H]1NC(=O)c2ccccc2NC1=O)NCc1cccc(-c2nccs2)c1. The van der Waals surface area contributed by atoms with Crippen molar-refractivity contribution >= 4 is 34.7 Å². The zero-order valence-electron chi connectivity index (χ0n) is 15.3. The predicted molar refractivity (Wildman–Crippen MR) is 110 cm³/mol. The molecule has 0 radical (unpaired) electrons. The lowest BCUT2D eigenvalue weighted by molar-refractivity contribution is -0.125. The highest BCUT2D eigenvalue weighted by atomic mass is 32.1. The number of nitrogens with one attached hydrogen (secondary N) is 3. The summed E-state index contributed by atoms with van der Waals surface area (Å²) in [6.45, 7) is 0.320. The molecule has 2 heterocycles. The van der Waals surface area contributed by atoms with Gasteiger partial charge in [0.25, 0.3) is 5.91 Å². The quantitative estimate of drug-likeness (QED) is 0.606. The average Bonchev–Trinajstić information content (AvgIpc) is 3.23. The fourth-order valence-electron chi connectivity index (χ4n) is 3.09. The van der Waals surface area contributed by atoms with Crippen LogP contribution < -0.4 is 16.0 Å². The van der Waals surface area contributed by atoms with E-state index in [0.717, 1.165) is 16.1 Å². The van der Waals surface area contributed by atoms with E-state index < -0.39 is 11.9 Å². The van der Waals surface area contributed by atoms with Gasteiger partial charge in [0.05, 0.1) is 17.7 Å². The molecule has 3 N–H and O–H groups in total. The van der Waals surface area contributed by atoms with Crippen LogP contribution in [-0.4, -0.2) is 28.7 Å². The van der Waals surface area contributed by atoms with E-state index in [1.165, 1.54) is 0 Å². The van der Waals surface area contributed by atoms with Crippen LogP contribution in [0.1, 0.15) is 22.3 Å². The molecule has 0 unspecified atom stereocenters. The van der Waals surface area contributed by atoms with Gasteiger partial charge in [0.15, 0.2) is 0 Å². The molecule has 7 nitrogen and oxygen atoms in total. The molecule has 29 heavy (non-hydrogen) atoms. The Bertz CT molecular complexity index is 1070. The first-order valence-electron chi connectivity index (χ1n) is 9.06. The molecule has 0 saturated carbocycles. The van der Waals surface area contributed by atoms with Crippen molar-refractivity contribution in [1.29, 1.82) is 0 Å². The van der Waals surface area contributed by atoms with E-state index in [1.54, 1.807) is 41.8 Å². The third-order valence-electron chi connectivity index (χ3n) is 4.54. The van der Waals surface area contributed by atoms with Crippen molar-refractivity contribution in [3.63, 3.8) is 0 Å². The standard InChI is InChI=1S/C21H18N4O3S/c26-18(23-12-13-4-3-5-14(10-13)21-22-8-9-29-21)11-17-20(28)24-16-7-2-1-6-15(16)19(27)25-17/h1-10,17H,11-12H2,(H,23,26)(H,24,28)(H,25,27)/t17-/m0/s1. The highest BCUT2D eigenvalue weighted by Gasteiger charge is 2.29. The second-order valence-corrected chi connectivity index (χ2v) is 7.47. The van der Waals surface area contributed by atoms with E-state index in [4.69, 9.17) is 0 Å². The molecule has 2 aromatic carbocycles. The average molecular weight is 406 g/mol. The van der Waals surface area contributed by atoms with Gasteiger partial charge in [0, 0.05) is 23.7 Å². The van der Waals surface area contributed by atoms with Gasteiger partial charge in [-0.2, -0.15) is 0 Å². The first kappa shape index (κ1) is 18.8. The number of carbonyl (C=O) groups excluding carboxylic acids is 3. The normalized spacial score (nSPS) is 15.7. The summed E-state index contributed by atoms with van der Waals surface area (Å²) in [6.07, 6.45) is 1.61. The highest BCUT2D eigenvalue weighted by molar-refractivity contribution is 7.13. The van der Waals surface area contributed by atoms with E-state index in [1.807, 2.05) is 29.6 Å². The van der Waals surface area contributed by atoms with Crippen molar-refractivity contribution in [1.82, 2.24) is 15.6 Å². The summed E-state index contributed by atoms with van der Waals surface area (Å²) >= 11 is 1.55. The predicted octanol–water partition coefficient (Wildman–Crippen LogP) is 2.57. The van der Waals surface area contributed by atoms with Gasteiger partial charge in [0.1, 0.15) is 11.0 Å². The van der Waals surface area contributed by atoms with E-state index in [-0.39, 0.29) is 18.2 Å². The van der Waals surface area contributed by atoms with Gasteiger partial charge in [-0.3, -0.25) is 14.4 Å². The minimum Gasteiger partial charge on any atom is -0.352 e. The van der Waals surface area contributed by atoms with E-state index in [2.05, 4.69) is 20.9 Å². The molecule has 8 heteroatoms. The third-order valence-corrected chi connectivity index (χ3v) is 5.36. The summed E-state index contributed by atoms with van der Waals surface area (Å²) in [7, 11) is 0. The number of anilines is 1. The van der Waals surface area contributed by atoms with Crippen molar-refractivity contribution < 1.29 is 14.4 Å². The maximum Gasteiger partial charge on any atom is 0.254 e. The molecule has 0 fully saturated rings. The lowest BCUT2D eigenvalue weighted by Crippen LogP contribution is -2.44. The van der Waals surface area contributed by atoms with Gasteiger partial charge in [-0.05, 0) is 23.8 Å². The summed E-state index contributed by atoms with van der Waals surface area (Å²) < 4.78 is 0. The Hall–Kier alpha value is -3.52. The molecule has 0 saturated heterocycles. The first-order chi connectivity index (χ1) is 14.1. The topological polar surface area (TPSA) is 100 Å². The van der Waals surface area contributed by atoms with Gasteiger partial charge in [0.2, 0.25) is 11.8 Å². The second-order valence-electron chi connectivity index (χ2n) is 6.58. The Morgan fingerprint density at radius 1 is 1.14 bits per heavy atom. The Morgan fingerprint density at radius 2 is 2.00 bits per heavy atom. The molecule has 1 aliphatic rings. The van der Waals surface area contributed by atoms with Gasteiger partial charge in [-0.1, -0.05) is 30.3 Å². The summed E-state index contributed by atoms with van der Waals surface area (Å²) in [4.78, 5) is 41.4. The number of thiazole rings is 1. The summed E-state index contributed by atoms with van der Waals surface area (Å²) in [6, 6.07) is 13.6. The number of rotatable bonds is 5. The smallest absolute Gasteiger partial charge is 0.254 e. The fraction of sp³-hybridized carbons (Fsp3) is 0.143. The van der Waals surface area contributed by atoms with Crippen LogP contribution in [0.2, 0.25) is 0 Å². The third kappa shape index (κ3) is 4.33. The van der Waals surface area contributed by atoms with Crippen LogP contribution in [0.3, 0.4) is 0 Å². The molecule has 1 aromatic heterocycles. The molecular formula is C21H18N4O3S. The van der Waals surface area contributed by atoms with Crippen LogP contribution in [0.25, 0.3) is 10.6 Å². The second kappa shape index (κ2) is 8.24. The maximum absolute atomic E-state index is 12.4. The molecule has 1 atom stereocenters. The number of nitrogens with zero attached hydrogens (tertiary/aromatic N) is 1. The Balaban J connectivity index is 1.37. The summed E-state index contributed by atoms with van der Waals surface area (Å²) in [5.41, 5.74) is 2.73. The van der Waals surface area contributed by atoms with E-state index in [9.17, 15) is 14.4 Å². The largest absolute Gasteiger partial charge is 0.352 e. The number of hydrogen-bond acceptors (Lipinski definition) is 5. The lowest BCUT2D eigenvalue weighted by atomic mass is 10.1.